The third-order valence-corrected chi connectivity index (χ3v) is 7.34. The maximum Gasteiger partial charge on any atom is 0.321 e. The average Bonchev–Trinajstić information content (AvgIpc) is 3.32. The second kappa shape index (κ2) is 9.92. The van der Waals surface area contributed by atoms with E-state index in [2.05, 4.69) is 31.1 Å². The molecule has 196 valence electrons. The van der Waals surface area contributed by atoms with E-state index < -0.39 is 10.0 Å². The highest BCUT2D eigenvalue weighted by Crippen LogP contribution is 2.22. The first kappa shape index (κ1) is 25.4. The normalized spacial score (nSPS) is 11.9. The Balaban J connectivity index is 1.46. The van der Waals surface area contributed by atoms with Crippen molar-refractivity contribution < 1.29 is 17.9 Å². The number of sulfonamides is 1. The predicted molar refractivity (Wildman–Crippen MR) is 144 cm³/mol. The number of rotatable bonds is 7. The SMILES string of the molecule is COc1cc(NS(=O)(=O)c2ccc(N/C=c3/c(C)c(C#N)c4nc5ccccc5n4c3=O)cc2)nc(OC)n1. The van der Waals surface area contributed by atoms with Gasteiger partial charge in [-0.3, -0.25) is 13.9 Å². The third-order valence-electron chi connectivity index (χ3n) is 5.97. The summed E-state index contributed by atoms with van der Waals surface area (Å²) in [6, 6.07) is 16.5. The van der Waals surface area contributed by atoms with Crippen LogP contribution in [0.3, 0.4) is 0 Å². The van der Waals surface area contributed by atoms with Crippen LogP contribution in [0, 0.1) is 18.3 Å². The van der Waals surface area contributed by atoms with Crippen molar-refractivity contribution in [1.29, 1.82) is 5.26 Å². The maximum absolute atomic E-state index is 13.4. The molecular weight excluding hydrogens is 522 g/mol. The Kier molecular flexibility index (Phi) is 6.47. The lowest BCUT2D eigenvalue weighted by Crippen LogP contribution is -2.34. The van der Waals surface area contributed by atoms with Crippen molar-refractivity contribution in [1.82, 2.24) is 19.4 Å². The highest BCUT2D eigenvalue weighted by Gasteiger charge is 2.18. The largest absolute Gasteiger partial charge is 0.481 e. The summed E-state index contributed by atoms with van der Waals surface area (Å²) in [6.45, 7) is 1.69. The van der Waals surface area contributed by atoms with Crippen LogP contribution in [0.2, 0.25) is 0 Å². The zero-order chi connectivity index (χ0) is 27.7. The van der Waals surface area contributed by atoms with Crippen LogP contribution in [0.15, 0.2) is 64.3 Å². The molecule has 0 amide bonds. The van der Waals surface area contributed by atoms with E-state index in [-0.39, 0.29) is 33.4 Å². The molecule has 0 saturated carbocycles. The van der Waals surface area contributed by atoms with E-state index in [4.69, 9.17) is 9.47 Å². The molecule has 13 heteroatoms. The summed E-state index contributed by atoms with van der Waals surface area (Å²) in [5.41, 5.74) is 2.49. The summed E-state index contributed by atoms with van der Waals surface area (Å²) >= 11 is 0. The number of fused-ring (bicyclic) bond motifs is 3. The van der Waals surface area contributed by atoms with Crippen molar-refractivity contribution >= 4 is 44.4 Å². The molecule has 3 aromatic heterocycles. The highest BCUT2D eigenvalue weighted by molar-refractivity contribution is 7.92. The van der Waals surface area contributed by atoms with Gasteiger partial charge in [0.25, 0.3) is 15.6 Å². The van der Waals surface area contributed by atoms with Crippen molar-refractivity contribution in [2.45, 2.75) is 11.8 Å². The van der Waals surface area contributed by atoms with Crippen LogP contribution in [0.4, 0.5) is 11.5 Å². The Morgan fingerprint density at radius 2 is 1.77 bits per heavy atom. The fraction of sp³-hybridized carbons (Fsp3) is 0.115. The first-order valence-corrected chi connectivity index (χ1v) is 12.9. The number of anilines is 2. The Hall–Kier alpha value is -5.22. The first-order chi connectivity index (χ1) is 18.7. The number of benzene rings is 2. The molecule has 0 bridgehead atoms. The second-order valence-electron chi connectivity index (χ2n) is 8.29. The Labute approximate surface area is 222 Å². The van der Waals surface area contributed by atoms with Gasteiger partial charge in [0.15, 0.2) is 11.5 Å². The molecule has 0 aliphatic heterocycles. The van der Waals surface area contributed by atoms with Gasteiger partial charge in [-0.25, -0.2) is 13.4 Å². The quantitative estimate of drug-likeness (QED) is 0.311. The van der Waals surface area contributed by atoms with Crippen LogP contribution < -0.4 is 30.3 Å². The molecule has 0 aliphatic carbocycles. The molecule has 0 fully saturated rings. The van der Waals surface area contributed by atoms with Gasteiger partial charge in [-0.05, 0) is 48.9 Å². The van der Waals surface area contributed by atoms with Crippen LogP contribution in [0.1, 0.15) is 11.1 Å². The minimum atomic E-state index is -3.99. The average molecular weight is 544 g/mol. The molecule has 2 N–H and O–H groups in total. The van der Waals surface area contributed by atoms with E-state index in [9.17, 15) is 18.5 Å². The van der Waals surface area contributed by atoms with Gasteiger partial charge >= 0.3 is 6.01 Å². The summed E-state index contributed by atoms with van der Waals surface area (Å²) in [4.78, 5) is 25.7. The number of aromatic nitrogens is 4. The summed E-state index contributed by atoms with van der Waals surface area (Å²) in [6.07, 6.45) is 1.49. The lowest BCUT2D eigenvalue weighted by Gasteiger charge is -2.10. The molecule has 0 unspecified atom stereocenters. The Bertz CT molecular complexity index is 1980. The van der Waals surface area contributed by atoms with Gasteiger partial charge in [0.1, 0.15) is 6.07 Å². The molecule has 3 heterocycles. The fourth-order valence-corrected chi connectivity index (χ4v) is 5.01. The smallest absolute Gasteiger partial charge is 0.321 e. The number of nitriles is 1. The van der Waals surface area contributed by atoms with Crippen LogP contribution in [-0.4, -0.2) is 42.0 Å². The second-order valence-corrected chi connectivity index (χ2v) is 9.97. The molecule has 0 aliphatic rings. The molecule has 5 rings (SSSR count). The van der Waals surface area contributed by atoms with E-state index >= 15 is 0 Å². The topological polar surface area (TPSA) is 161 Å². The van der Waals surface area contributed by atoms with Gasteiger partial charge in [0.2, 0.25) is 5.88 Å². The van der Waals surface area contributed by atoms with Gasteiger partial charge in [0, 0.05) is 18.0 Å². The van der Waals surface area contributed by atoms with Gasteiger partial charge in [-0.15, -0.1) is 0 Å². The molecule has 12 nitrogen and oxygen atoms in total. The number of pyridine rings is 1. The maximum atomic E-state index is 13.4. The van der Waals surface area contributed by atoms with E-state index in [1.807, 2.05) is 6.07 Å². The third kappa shape index (κ3) is 4.64. The minimum Gasteiger partial charge on any atom is -0.481 e. The van der Waals surface area contributed by atoms with Gasteiger partial charge < -0.3 is 14.8 Å². The van der Waals surface area contributed by atoms with E-state index in [1.165, 1.54) is 43.0 Å². The van der Waals surface area contributed by atoms with Gasteiger partial charge in [-0.2, -0.15) is 15.2 Å². The fourth-order valence-electron chi connectivity index (χ4n) is 4.02. The van der Waals surface area contributed by atoms with Crippen molar-refractivity contribution in [3.63, 3.8) is 0 Å². The molecule has 0 saturated heterocycles. The predicted octanol–water partition coefficient (Wildman–Crippen LogP) is 2.20. The van der Waals surface area contributed by atoms with E-state index in [0.29, 0.717) is 33.5 Å². The number of hydrogen-bond acceptors (Lipinski definition) is 10. The zero-order valence-corrected chi connectivity index (χ0v) is 21.8. The molecule has 0 atom stereocenters. The number of ether oxygens (including phenoxy) is 2. The van der Waals surface area contributed by atoms with Crippen LogP contribution >= 0.6 is 0 Å². The number of nitrogens with zero attached hydrogens (tertiary/aromatic N) is 5. The zero-order valence-electron chi connectivity index (χ0n) is 21.0. The Morgan fingerprint density at radius 3 is 2.46 bits per heavy atom. The number of imidazole rings is 1. The lowest BCUT2D eigenvalue weighted by atomic mass is 10.1. The molecule has 0 radical (unpaired) electrons. The first-order valence-electron chi connectivity index (χ1n) is 11.5. The van der Waals surface area contributed by atoms with Crippen LogP contribution in [-0.2, 0) is 10.0 Å². The molecule has 39 heavy (non-hydrogen) atoms. The van der Waals surface area contributed by atoms with Gasteiger partial charge in [-0.1, -0.05) is 12.1 Å². The van der Waals surface area contributed by atoms with Crippen LogP contribution in [0.25, 0.3) is 22.9 Å². The van der Waals surface area contributed by atoms with E-state index in [0.717, 1.165) is 0 Å². The number of nitrogens with one attached hydrogen (secondary N) is 2. The lowest BCUT2D eigenvalue weighted by molar-refractivity contribution is 0.353. The summed E-state index contributed by atoms with van der Waals surface area (Å²) < 4.78 is 39.6. The van der Waals surface area contributed by atoms with Crippen molar-refractivity contribution in [2.75, 3.05) is 24.3 Å². The summed E-state index contributed by atoms with van der Waals surface area (Å²) in [7, 11) is -1.26. The molecule has 5 aromatic rings. The van der Waals surface area contributed by atoms with Gasteiger partial charge in [0.05, 0.1) is 40.9 Å². The molecular formula is C26H21N7O5S. The van der Waals surface area contributed by atoms with Crippen LogP contribution in [0.5, 0.6) is 11.9 Å². The summed E-state index contributed by atoms with van der Waals surface area (Å²) in [5.74, 6) is 0.104. The highest BCUT2D eigenvalue weighted by atomic mass is 32.2. The minimum absolute atomic E-state index is 0.0246. The number of para-hydroxylation sites is 2. The standard InChI is InChI=1S/C26H21N7O5S/c1-15-18(13-27)24-29-20-6-4-5-7-21(20)33(24)25(34)19(15)14-28-16-8-10-17(11-9-16)39(35,36)32-22-12-23(37-2)31-26(30-22)38-3/h4-12,14,28H,1-3H3,(H,30,31,32)/b19-14-. The molecule has 0 spiro atoms. The van der Waals surface area contributed by atoms with Crippen molar-refractivity contribution in [2.24, 2.45) is 0 Å². The number of hydrogen-bond donors (Lipinski definition) is 2. The van der Waals surface area contributed by atoms with Crippen molar-refractivity contribution in [3.05, 3.63) is 81.3 Å². The van der Waals surface area contributed by atoms with E-state index in [1.54, 1.807) is 37.3 Å². The van der Waals surface area contributed by atoms with Crippen molar-refractivity contribution in [3.8, 4) is 18.0 Å². The number of methoxy groups -OCH3 is 2. The Morgan fingerprint density at radius 1 is 1.03 bits per heavy atom. The monoisotopic (exact) mass is 543 g/mol. The molecule has 2 aromatic carbocycles. The summed E-state index contributed by atoms with van der Waals surface area (Å²) in [5, 5.41) is 13.1.